The maximum absolute atomic E-state index is 11.4. The van der Waals surface area contributed by atoms with Gasteiger partial charge in [0, 0.05) is 10.9 Å². The van der Waals surface area contributed by atoms with Crippen molar-refractivity contribution in [2.75, 3.05) is 0 Å². The molecule has 4 nitrogen and oxygen atoms in total. The second kappa shape index (κ2) is 4.24. The van der Waals surface area contributed by atoms with Crippen LogP contribution in [0.25, 0.3) is 16.6 Å². The molecular weight excluding hydrogens is 240 g/mol. The van der Waals surface area contributed by atoms with Crippen LogP contribution in [-0.2, 0) is 0 Å². The lowest BCUT2D eigenvalue weighted by Crippen LogP contribution is -1.99. The highest BCUT2D eigenvalue weighted by Gasteiger charge is 2.07. The molecular formula is C15H12N2O2. The molecule has 3 aromatic rings. The molecule has 0 unspecified atom stereocenters. The average molecular weight is 252 g/mol. The SMILES string of the molecule is CC(=O)c1cccc(-n2ncc3cc(O)ccc32)c1. The number of Topliss-reactive ketones (excluding diaryl/α,β-unsaturated/α-hetero) is 1. The third kappa shape index (κ3) is 1.97. The van der Waals surface area contributed by atoms with Gasteiger partial charge in [-0.15, -0.1) is 0 Å². The van der Waals surface area contributed by atoms with Crippen molar-refractivity contribution in [3.8, 4) is 11.4 Å². The Morgan fingerprint density at radius 2 is 2.05 bits per heavy atom. The normalized spacial score (nSPS) is 10.8. The van der Waals surface area contributed by atoms with Crippen LogP contribution >= 0.6 is 0 Å². The van der Waals surface area contributed by atoms with Crippen molar-refractivity contribution >= 4 is 16.7 Å². The Labute approximate surface area is 109 Å². The number of aromatic nitrogens is 2. The first kappa shape index (κ1) is 11.5. The minimum atomic E-state index is 0.0240. The van der Waals surface area contributed by atoms with E-state index < -0.39 is 0 Å². The molecule has 0 fully saturated rings. The van der Waals surface area contributed by atoms with Gasteiger partial charge in [0.15, 0.2) is 5.78 Å². The molecule has 0 saturated carbocycles. The molecule has 0 radical (unpaired) electrons. The fourth-order valence-corrected chi connectivity index (χ4v) is 2.08. The Kier molecular flexibility index (Phi) is 2.56. The Bertz CT molecular complexity index is 775. The molecule has 0 aliphatic carbocycles. The Hall–Kier alpha value is -2.62. The predicted molar refractivity (Wildman–Crippen MR) is 72.7 cm³/mol. The molecule has 0 amide bonds. The molecule has 1 heterocycles. The molecule has 0 spiro atoms. The molecule has 2 aromatic carbocycles. The number of phenolic OH excluding ortho intramolecular Hbond substituents is 1. The summed E-state index contributed by atoms with van der Waals surface area (Å²) in [5.41, 5.74) is 2.37. The predicted octanol–water partition coefficient (Wildman–Crippen LogP) is 2.93. The largest absolute Gasteiger partial charge is 0.508 e. The lowest BCUT2D eigenvalue weighted by molar-refractivity contribution is 0.101. The van der Waals surface area contributed by atoms with Gasteiger partial charge in [-0.3, -0.25) is 4.79 Å². The summed E-state index contributed by atoms with van der Waals surface area (Å²) in [6.07, 6.45) is 1.69. The number of hydrogen-bond acceptors (Lipinski definition) is 3. The summed E-state index contributed by atoms with van der Waals surface area (Å²) in [6.45, 7) is 1.54. The van der Waals surface area contributed by atoms with Gasteiger partial charge in [-0.1, -0.05) is 12.1 Å². The molecule has 0 bridgehead atoms. The zero-order valence-corrected chi connectivity index (χ0v) is 10.4. The van der Waals surface area contributed by atoms with Gasteiger partial charge < -0.3 is 5.11 Å². The smallest absolute Gasteiger partial charge is 0.159 e. The van der Waals surface area contributed by atoms with E-state index in [1.54, 1.807) is 42.1 Å². The monoisotopic (exact) mass is 252 g/mol. The summed E-state index contributed by atoms with van der Waals surface area (Å²) < 4.78 is 1.75. The third-order valence-corrected chi connectivity index (χ3v) is 3.05. The Morgan fingerprint density at radius 3 is 2.84 bits per heavy atom. The van der Waals surface area contributed by atoms with Crippen LogP contribution in [0.2, 0.25) is 0 Å². The molecule has 19 heavy (non-hydrogen) atoms. The highest BCUT2D eigenvalue weighted by Crippen LogP contribution is 2.22. The van der Waals surface area contributed by atoms with Crippen LogP contribution in [-0.4, -0.2) is 20.7 Å². The maximum Gasteiger partial charge on any atom is 0.159 e. The highest BCUT2D eigenvalue weighted by molar-refractivity contribution is 5.94. The lowest BCUT2D eigenvalue weighted by atomic mass is 10.1. The van der Waals surface area contributed by atoms with Gasteiger partial charge in [0.1, 0.15) is 5.75 Å². The number of carbonyl (C=O) groups excluding carboxylic acids is 1. The molecule has 0 saturated heterocycles. The number of aromatic hydroxyl groups is 1. The van der Waals surface area contributed by atoms with Crippen LogP contribution in [0.5, 0.6) is 5.75 Å². The number of rotatable bonds is 2. The minimum Gasteiger partial charge on any atom is -0.508 e. The summed E-state index contributed by atoms with van der Waals surface area (Å²) in [5, 5.41) is 14.6. The number of benzene rings is 2. The van der Waals surface area contributed by atoms with Crippen molar-refractivity contribution in [3.63, 3.8) is 0 Å². The van der Waals surface area contributed by atoms with Crippen molar-refractivity contribution in [1.82, 2.24) is 9.78 Å². The van der Waals surface area contributed by atoms with Gasteiger partial charge in [-0.25, -0.2) is 4.68 Å². The van der Waals surface area contributed by atoms with Gasteiger partial charge in [-0.2, -0.15) is 5.10 Å². The summed E-state index contributed by atoms with van der Waals surface area (Å²) in [7, 11) is 0. The topological polar surface area (TPSA) is 55.1 Å². The van der Waals surface area contributed by atoms with Crippen LogP contribution in [0.1, 0.15) is 17.3 Å². The summed E-state index contributed by atoms with van der Waals surface area (Å²) >= 11 is 0. The van der Waals surface area contributed by atoms with Gasteiger partial charge in [0.05, 0.1) is 17.4 Å². The van der Waals surface area contributed by atoms with Crippen LogP contribution in [0.15, 0.2) is 48.7 Å². The van der Waals surface area contributed by atoms with Crippen molar-refractivity contribution in [2.45, 2.75) is 6.92 Å². The second-order valence-electron chi connectivity index (χ2n) is 4.41. The zero-order valence-electron chi connectivity index (χ0n) is 10.4. The van der Waals surface area contributed by atoms with E-state index in [4.69, 9.17) is 0 Å². The van der Waals surface area contributed by atoms with E-state index in [-0.39, 0.29) is 11.5 Å². The maximum atomic E-state index is 11.4. The molecule has 0 aliphatic heterocycles. The second-order valence-corrected chi connectivity index (χ2v) is 4.41. The van der Waals surface area contributed by atoms with Gasteiger partial charge in [-0.05, 0) is 37.3 Å². The molecule has 1 N–H and O–H groups in total. The van der Waals surface area contributed by atoms with E-state index in [1.165, 1.54) is 0 Å². The number of hydrogen-bond donors (Lipinski definition) is 1. The quantitative estimate of drug-likeness (QED) is 0.713. The fourth-order valence-electron chi connectivity index (χ4n) is 2.08. The van der Waals surface area contributed by atoms with E-state index in [9.17, 15) is 9.90 Å². The first-order chi connectivity index (χ1) is 9.15. The molecule has 4 heteroatoms. The minimum absolute atomic E-state index is 0.0240. The number of ketones is 1. The Morgan fingerprint density at radius 1 is 1.21 bits per heavy atom. The Balaban J connectivity index is 2.19. The molecule has 3 rings (SSSR count). The standard InChI is InChI=1S/C15H12N2O2/c1-10(18)11-3-2-4-13(7-11)17-15-6-5-14(19)8-12(15)9-16-17/h2-9,19H,1H3. The average Bonchev–Trinajstić information content (AvgIpc) is 2.81. The number of phenols is 1. The summed E-state index contributed by atoms with van der Waals surface area (Å²) in [6, 6.07) is 12.4. The fraction of sp³-hybridized carbons (Fsp3) is 0.0667. The van der Waals surface area contributed by atoms with Crippen molar-refractivity contribution in [2.24, 2.45) is 0 Å². The van der Waals surface area contributed by atoms with Crippen molar-refractivity contribution in [3.05, 3.63) is 54.2 Å². The summed E-state index contributed by atoms with van der Waals surface area (Å²) in [4.78, 5) is 11.4. The first-order valence-corrected chi connectivity index (χ1v) is 5.93. The van der Waals surface area contributed by atoms with Crippen LogP contribution < -0.4 is 0 Å². The van der Waals surface area contributed by atoms with Gasteiger partial charge in [0.2, 0.25) is 0 Å². The zero-order chi connectivity index (χ0) is 13.4. The van der Waals surface area contributed by atoms with E-state index in [0.29, 0.717) is 5.56 Å². The highest BCUT2D eigenvalue weighted by atomic mass is 16.3. The van der Waals surface area contributed by atoms with E-state index >= 15 is 0 Å². The van der Waals surface area contributed by atoms with Crippen LogP contribution in [0.4, 0.5) is 0 Å². The van der Waals surface area contributed by atoms with Gasteiger partial charge in [0.25, 0.3) is 0 Å². The number of nitrogens with zero attached hydrogens (tertiary/aromatic N) is 2. The molecule has 94 valence electrons. The lowest BCUT2D eigenvalue weighted by Gasteiger charge is -2.05. The molecule has 0 aliphatic rings. The van der Waals surface area contributed by atoms with Crippen molar-refractivity contribution < 1.29 is 9.90 Å². The third-order valence-electron chi connectivity index (χ3n) is 3.05. The molecule has 1 aromatic heterocycles. The van der Waals surface area contributed by atoms with E-state index in [2.05, 4.69) is 5.10 Å². The number of fused-ring (bicyclic) bond motifs is 1. The van der Waals surface area contributed by atoms with E-state index in [0.717, 1.165) is 16.6 Å². The van der Waals surface area contributed by atoms with Crippen LogP contribution in [0, 0.1) is 0 Å². The van der Waals surface area contributed by atoms with Crippen molar-refractivity contribution in [1.29, 1.82) is 0 Å². The van der Waals surface area contributed by atoms with Gasteiger partial charge >= 0.3 is 0 Å². The first-order valence-electron chi connectivity index (χ1n) is 5.93. The van der Waals surface area contributed by atoms with Crippen LogP contribution in [0.3, 0.4) is 0 Å². The molecule has 0 atom stereocenters. The number of carbonyl (C=O) groups is 1. The summed E-state index contributed by atoms with van der Waals surface area (Å²) in [5.74, 6) is 0.237. The van der Waals surface area contributed by atoms with E-state index in [1.807, 2.05) is 18.2 Å².